The first-order valence-corrected chi connectivity index (χ1v) is 18.0. The van der Waals surface area contributed by atoms with Gasteiger partial charge < -0.3 is 33.3 Å². The van der Waals surface area contributed by atoms with Gasteiger partial charge in [0.15, 0.2) is 12.4 Å². The molecular formula is C37H67NO8. The molecule has 0 saturated carbocycles. The highest BCUT2D eigenvalue weighted by molar-refractivity contribution is 5.70. The first kappa shape index (κ1) is 43.8. The molecule has 0 radical (unpaired) electrons. The predicted octanol–water partition coefficient (Wildman–Crippen LogP) is 6.82. The van der Waals surface area contributed by atoms with E-state index < -0.39 is 24.3 Å². The van der Waals surface area contributed by atoms with E-state index in [2.05, 4.69) is 38.2 Å². The Morgan fingerprint density at radius 1 is 0.652 bits per heavy atom. The number of aliphatic carboxylic acids is 1. The van der Waals surface area contributed by atoms with Gasteiger partial charge in [-0.05, 0) is 44.9 Å². The smallest absolute Gasteiger partial charge is 0.306 e. The number of hydrogen-bond acceptors (Lipinski definition) is 8. The Bertz CT molecular complexity index is 821. The first-order valence-electron chi connectivity index (χ1n) is 18.0. The number of ether oxygens (including phenoxy) is 4. The Balaban J connectivity index is 4.48. The third-order valence-electron chi connectivity index (χ3n) is 7.45. The molecule has 0 fully saturated rings. The summed E-state index contributed by atoms with van der Waals surface area (Å²) in [5.41, 5.74) is 0. The summed E-state index contributed by atoms with van der Waals surface area (Å²) in [5, 5.41) is 11.6. The van der Waals surface area contributed by atoms with Gasteiger partial charge in [0.05, 0.1) is 40.3 Å². The molecule has 0 bridgehead atoms. The van der Waals surface area contributed by atoms with Crippen LogP contribution in [0.1, 0.15) is 136 Å². The number of carboxylic acid groups (broad SMARTS) is 1. The van der Waals surface area contributed by atoms with Gasteiger partial charge in [-0.15, -0.1) is 0 Å². The Morgan fingerprint density at radius 3 is 1.74 bits per heavy atom. The van der Waals surface area contributed by atoms with E-state index in [1.165, 1.54) is 32.1 Å². The second-order valence-corrected chi connectivity index (χ2v) is 13.2. The molecule has 0 aliphatic rings. The highest BCUT2D eigenvalue weighted by Gasteiger charge is 2.21. The summed E-state index contributed by atoms with van der Waals surface area (Å²) in [4.78, 5) is 36.4. The number of carbonyl (C=O) groups excluding carboxylic acids is 3. The predicted molar refractivity (Wildman–Crippen MR) is 182 cm³/mol. The van der Waals surface area contributed by atoms with Crippen molar-refractivity contribution >= 4 is 17.9 Å². The third-order valence-corrected chi connectivity index (χ3v) is 7.45. The maximum atomic E-state index is 12.6. The zero-order valence-corrected chi connectivity index (χ0v) is 29.9. The molecular weight excluding hydrogens is 586 g/mol. The SMILES string of the molecule is CCCCCC/C=C\C/C=C\CCCCCCCC(=O)OC(COC(=O)CCCCCCC)COC(OCC[N+](C)(C)C)C(=O)[O-]. The second kappa shape index (κ2) is 30.1. The van der Waals surface area contributed by atoms with Crippen molar-refractivity contribution in [3.63, 3.8) is 0 Å². The molecule has 0 aliphatic carbocycles. The number of esters is 2. The molecule has 268 valence electrons. The lowest BCUT2D eigenvalue weighted by molar-refractivity contribution is -0.870. The van der Waals surface area contributed by atoms with Crippen molar-refractivity contribution in [3.05, 3.63) is 24.3 Å². The number of carbonyl (C=O) groups is 3. The molecule has 0 aliphatic heterocycles. The molecule has 9 heteroatoms. The number of carboxylic acids is 1. The highest BCUT2D eigenvalue weighted by atomic mass is 16.7. The summed E-state index contributed by atoms with van der Waals surface area (Å²) in [7, 11) is 5.88. The van der Waals surface area contributed by atoms with Gasteiger partial charge in [0.1, 0.15) is 13.2 Å². The average molecular weight is 654 g/mol. The van der Waals surface area contributed by atoms with Crippen molar-refractivity contribution in [2.45, 2.75) is 148 Å². The van der Waals surface area contributed by atoms with Crippen molar-refractivity contribution in [1.29, 1.82) is 0 Å². The van der Waals surface area contributed by atoms with Crippen LogP contribution in [0.15, 0.2) is 24.3 Å². The summed E-state index contributed by atoms with van der Waals surface area (Å²) in [5.74, 6) is -2.32. The van der Waals surface area contributed by atoms with E-state index in [4.69, 9.17) is 18.9 Å². The fourth-order valence-corrected chi connectivity index (χ4v) is 4.56. The number of quaternary nitrogens is 1. The van der Waals surface area contributed by atoms with Crippen LogP contribution in [0.25, 0.3) is 0 Å². The van der Waals surface area contributed by atoms with Crippen molar-refractivity contribution < 1.29 is 42.9 Å². The van der Waals surface area contributed by atoms with Gasteiger partial charge in [0.25, 0.3) is 0 Å². The van der Waals surface area contributed by atoms with Crippen LogP contribution in [0.2, 0.25) is 0 Å². The monoisotopic (exact) mass is 653 g/mol. The normalized spacial score (nSPS) is 13.3. The number of likely N-dealkylation sites (N-methyl/N-ethyl adjacent to an activating group) is 1. The van der Waals surface area contributed by atoms with E-state index in [1.807, 2.05) is 21.1 Å². The molecule has 0 N–H and O–H groups in total. The fraction of sp³-hybridized carbons (Fsp3) is 0.811. The Kier molecular flexibility index (Phi) is 28.7. The van der Waals surface area contributed by atoms with Crippen molar-refractivity contribution in [1.82, 2.24) is 0 Å². The Hall–Kier alpha value is -2.23. The lowest BCUT2D eigenvalue weighted by Gasteiger charge is -2.26. The molecule has 2 atom stereocenters. The van der Waals surface area contributed by atoms with Crippen LogP contribution in [0.5, 0.6) is 0 Å². The van der Waals surface area contributed by atoms with Crippen LogP contribution in [-0.4, -0.2) is 82.3 Å². The number of nitrogens with zero attached hydrogens (tertiary/aromatic N) is 1. The quantitative estimate of drug-likeness (QED) is 0.0256. The molecule has 0 aromatic rings. The van der Waals surface area contributed by atoms with Gasteiger partial charge in [0, 0.05) is 12.8 Å². The highest BCUT2D eigenvalue weighted by Crippen LogP contribution is 2.11. The maximum Gasteiger partial charge on any atom is 0.306 e. The molecule has 0 amide bonds. The van der Waals surface area contributed by atoms with Gasteiger partial charge in [-0.2, -0.15) is 0 Å². The summed E-state index contributed by atoms with van der Waals surface area (Å²) in [6, 6.07) is 0. The van der Waals surface area contributed by atoms with Gasteiger partial charge in [0.2, 0.25) is 0 Å². The van der Waals surface area contributed by atoms with E-state index in [9.17, 15) is 19.5 Å². The van der Waals surface area contributed by atoms with Crippen molar-refractivity contribution in [2.75, 3.05) is 47.5 Å². The minimum Gasteiger partial charge on any atom is -0.545 e. The molecule has 2 unspecified atom stereocenters. The number of allylic oxidation sites excluding steroid dienone is 4. The summed E-state index contributed by atoms with van der Waals surface area (Å²) in [6.45, 7) is 4.58. The van der Waals surface area contributed by atoms with Crippen LogP contribution in [0.3, 0.4) is 0 Å². The summed E-state index contributed by atoms with van der Waals surface area (Å²) < 4.78 is 22.2. The first-order chi connectivity index (χ1) is 22.1. The van der Waals surface area contributed by atoms with E-state index in [-0.39, 0.29) is 38.6 Å². The van der Waals surface area contributed by atoms with Gasteiger partial charge in [-0.25, -0.2) is 0 Å². The largest absolute Gasteiger partial charge is 0.545 e. The number of hydrogen-bond donors (Lipinski definition) is 0. The van der Waals surface area contributed by atoms with Crippen molar-refractivity contribution in [3.8, 4) is 0 Å². The zero-order valence-electron chi connectivity index (χ0n) is 29.9. The molecule has 0 rings (SSSR count). The minimum atomic E-state index is -1.62. The van der Waals surface area contributed by atoms with Crippen LogP contribution >= 0.6 is 0 Å². The fourth-order valence-electron chi connectivity index (χ4n) is 4.56. The average Bonchev–Trinajstić information content (AvgIpc) is 3.00. The van der Waals surface area contributed by atoms with E-state index >= 15 is 0 Å². The molecule has 0 heterocycles. The lowest BCUT2D eigenvalue weighted by Crippen LogP contribution is -2.44. The minimum absolute atomic E-state index is 0.145. The maximum absolute atomic E-state index is 12.6. The van der Waals surface area contributed by atoms with Gasteiger partial charge in [-0.1, -0.05) is 102 Å². The van der Waals surface area contributed by atoms with E-state index in [1.54, 1.807) is 0 Å². The third kappa shape index (κ3) is 30.4. The van der Waals surface area contributed by atoms with E-state index in [0.717, 1.165) is 70.6 Å². The Labute approximate surface area is 280 Å². The number of unbranched alkanes of at least 4 members (excludes halogenated alkanes) is 13. The van der Waals surface area contributed by atoms with Crippen molar-refractivity contribution in [2.24, 2.45) is 0 Å². The zero-order chi connectivity index (χ0) is 34.3. The summed E-state index contributed by atoms with van der Waals surface area (Å²) >= 11 is 0. The van der Waals surface area contributed by atoms with Crippen LogP contribution < -0.4 is 5.11 Å². The standard InChI is InChI=1S/C37H67NO8/c1-6-8-10-12-13-14-15-16-17-18-19-20-21-22-24-26-28-35(40)46-33(31-44-34(39)27-25-23-11-9-7-2)32-45-37(36(41)42)43-30-29-38(3,4)5/h14-15,17-18,33,37H,6-13,16,19-32H2,1-5H3/b15-14-,18-17-. The summed E-state index contributed by atoms with van der Waals surface area (Å²) in [6.07, 6.45) is 25.3. The molecule has 0 aromatic heterocycles. The topological polar surface area (TPSA) is 111 Å². The van der Waals surface area contributed by atoms with Gasteiger partial charge >= 0.3 is 11.9 Å². The molecule has 0 saturated heterocycles. The van der Waals surface area contributed by atoms with Crippen LogP contribution in [0.4, 0.5) is 0 Å². The Morgan fingerprint density at radius 2 is 1.17 bits per heavy atom. The van der Waals surface area contributed by atoms with Crippen LogP contribution in [0, 0.1) is 0 Å². The molecule has 0 spiro atoms. The molecule has 46 heavy (non-hydrogen) atoms. The second-order valence-electron chi connectivity index (χ2n) is 13.2. The van der Waals surface area contributed by atoms with Crippen LogP contribution in [-0.2, 0) is 33.3 Å². The lowest BCUT2D eigenvalue weighted by atomic mass is 10.1. The van der Waals surface area contributed by atoms with E-state index in [0.29, 0.717) is 17.4 Å². The molecule has 0 aromatic carbocycles. The molecule has 9 nitrogen and oxygen atoms in total. The number of rotatable bonds is 32. The van der Waals surface area contributed by atoms with Gasteiger partial charge in [-0.3, -0.25) is 9.59 Å².